The van der Waals surface area contributed by atoms with E-state index in [0.717, 1.165) is 12.1 Å². The number of alkyl halides is 6. The Hall–Kier alpha value is -2.04. The van der Waals surface area contributed by atoms with Crippen LogP contribution in [0, 0.1) is 11.3 Å². The second-order valence-corrected chi connectivity index (χ2v) is 7.28. The molecule has 0 spiro atoms. The Balaban J connectivity index is 2.38. The van der Waals surface area contributed by atoms with Crippen LogP contribution in [0.15, 0.2) is 18.2 Å². The molecule has 0 radical (unpaired) electrons. The molecule has 1 fully saturated rings. The van der Waals surface area contributed by atoms with E-state index in [1.165, 1.54) is 6.07 Å². The van der Waals surface area contributed by atoms with Crippen molar-refractivity contribution in [2.24, 2.45) is 0 Å². The molecule has 1 aromatic rings. The summed E-state index contributed by atoms with van der Waals surface area (Å²) in [5.41, 5.74) is -2.61. The first kappa shape index (κ1) is 21.3. The zero-order valence-electron chi connectivity index (χ0n) is 13.5. The molecule has 1 aliphatic rings. The van der Waals surface area contributed by atoms with Crippen molar-refractivity contribution >= 4 is 15.8 Å². The summed E-state index contributed by atoms with van der Waals surface area (Å²) in [6.07, 6.45) is -13.2. The van der Waals surface area contributed by atoms with Gasteiger partial charge < -0.3 is 9.64 Å². The van der Waals surface area contributed by atoms with Crippen LogP contribution >= 0.6 is 0 Å². The predicted molar refractivity (Wildman–Crippen MR) is 79.0 cm³/mol. The monoisotopic (exact) mass is 418 g/mol. The van der Waals surface area contributed by atoms with Crippen LogP contribution in [0.5, 0.6) is 0 Å². The Labute approximate surface area is 150 Å². The fourth-order valence-corrected chi connectivity index (χ4v) is 2.84. The van der Waals surface area contributed by atoms with Gasteiger partial charge >= 0.3 is 12.4 Å². The molecule has 1 aromatic carbocycles. The van der Waals surface area contributed by atoms with Crippen LogP contribution in [-0.4, -0.2) is 46.3 Å². The number of nitrogens with zero attached hydrogens (tertiary/aromatic N) is 2. The molecule has 0 unspecified atom stereocenters. The summed E-state index contributed by atoms with van der Waals surface area (Å²) in [5, 5.41) is 8.77. The van der Waals surface area contributed by atoms with Crippen molar-refractivity contribution in [1.29, 1.82) is 5.26 Å². The van der Waals surface area contributed by atoms with Gasteiger partial charge in [0.05, 0.1) is 30.1 Å². The third kappa shape index (κ3) is 5.24. The third-order valence-corrected chi connectivity index (χ3v) is 4.08. The lowest BCUT2D eigenvalue weighted by Gasteiger charge is -2.27. The van der Waals surface area contributed by atoms with E-state index in [9.17, 15) is 34.8 Å². The first-order chi connectivity index (χ1) is 12.2. The minimum absolute atomic E-state index is 0.417. The summed E-state index contributed by atoms with van der Waals surface area (Å²) in [7, 11) is -3.95. The van der Waals surface area contributed by atoms with E-state index >= 15 is 0 Å². The molecule has 2 rings (SSSR count). The number of ether oxygens (including phenoxy) is 1. The topological polar surface area (TPSA) is 79.6 Å². The largest absolute Gasteiger partial charge is 0.433 e. The van der Waals surface area contributed by atoms with E-state index in [1.807, 2.05) is 0 Å². The van der Waals surface area contributed by atoms with Crippen LogP contribution in [0.2, 0.25) is 0 Å². The molecule has 27 heavy (non-hydrogen) atoms. The van der Waals surface area contributed by atoms with Crippen LogP contribution in [0.1, 0.15) is 11.1 Å². The van der Waals surface area contributed by atoms with Gasteiger partial charge in [-0.3, -0.25) is 4.18 Å². The molecular formula is C14H12F6N2O4S. The number of hydrogen-bond acceptors (Lipinski definition) is 6. The molecule has 0 N–H and O–H groups in total. The Morgan fingerprint density at radius 2 is 1.93 bits per heavy atom. The van der Waals surface area contributed by atoms with Gasteiger partial charge in [-0.05, 0) is 18.2 Å². The Kier molecular flexibility index (Phi) is 5.65. The number of halogens is 6. The molecule has 0 saturated carbocycles. The van der Waals surface area contributed by atoms with Gasteiger partial charge in [-0.2, -0.15) is 40.0 Å². The molecule has 2 atom stereocenters. The molecule has 1 aliphatic heterocycles. The van der Waals surface area contributed by atoms with Crippen LogP contribution in [-0.2, 0) is 25.2 Å². The molecule has 13 heteroatoms. The molecule has 0 amide bonds. The maximum atomic E-state index is 13.2. The first-order valence-corrected chi connectivity index (χ1v) is 8.98. The fourth-order valence-electron chi connectivity index (χ4n) is 2.44. The van der Waals surface area contributed by atoms with Gasteiger partial charge in [0.25, 0.3) is 10.1 Å². The van der Waals surface area contributed by atoms with Crippen molar-refractivity contribution in [3.05, 3.63) is 29.3 Å². The quantitative estimate of drug-likeness (QED) is 0.553. The van der Waals surface area contributed by atoms with E-state index in [-0.39, 0.29) is 0 Å². The first-order valence-electron chi connectivity index (χ1n) is 7.17. The van der Waals surface area contributed by atoms with E-state index in [2.05, 4.69) is 4.18 Å². The van der Waals surface area contributed by atoms with Crippen molar-refractivity contribution in [3.63, 3.8) is 0 Å². The van der Waals surface area contributed by atoms with Gasteiger partial charge in [0.15, 0.2) is 0 Å². The summed E-state index contributed by atoms with van der Waals surface area (Å²) in [5.74, 6) is 0. The highest BCUT2D eigenvalue weighted by atomic mass is 32.2. The number of nitriles is 1. The SMILES string of the molecule is CS(=O)(=O)OC[C@@H]1CN(c2ccc(C#N)c(C(F)(F)F)c2)[C@H](C(F)(F)F)O1. The normalized spacial score (nSPS) is 21.3. The van der Waals surface area contributed by atoms with Gasteiger partial charge in [-0.15, -0.1) is 0 Å². The molecular weight excluding hydrogens is 406 g/mol. The fraction of sp³-hybridized carbons (Fsp3) is 0.500. The number of hydrogen-bond donors (Lipinski definition) is 0. The zero-order chi connectivity index (χ0) is 20.6. The number of rotatable bonds is 4. The average molecular weight is 418 g/mol. The standard InChI is InChI=1S/C14H12F6N2O4S/c1-27(23,24)25-7-10-6-22(12(26-10)14(18,19)20)9-3-2-8(5-21)11(4-9)13(15,16)17/h2-4,10,12H,6-7H2,1H3/t10-,12-/m0/s1. The predicted octanol–water partition coefficient (Wildman–Crippen LogP) is 2.65. The molecule has 1 saturated heterocycles. The number of benzene rings is 1. The van der Waals surface area contributed by atoms with Gasteiger partial charge in [-0.25, -0.2) is 0 Å². The summed E-state index contributed by atoms with van der Waals surface area (Å²) < 4.78 is 110. The second kappa shape index (κ2) is 7.17. The molecule has 6 nitrogen and oxygen atoms in total. The number of anilines is 1. The van der Waals surface area contributed by atoms with E-state index in [1.54, 1.807) is 0 Å². The van der Waals surface area contributed by atoms with Crippen molar-refractivity contribution in [1.82, 2.24) is 0 Å². The molecule has 1 heterocycles. The summed E-state index contributed by atoms with van der Waals surface area (Å²) in [4.78, 5) is 0.507. The van der Waals surface area contributed by atoms with Crippen molar-refractivity contribution in [2.45, 2.75) is 24.7 Å². The highest BCUT2D eigenvalue weighted by Gasteiger charge is 2.51. The van der Waals surface area contributed by atoms with Crippen LogP contribution in [0.3, 0.4) is 0 Å². The van der Waals surface area contributed by atoms with Gasteiger partial charge in [-0.1, -0.05) is 0 Å². The Morgan fingerprint density at radius 3 is 2.41 bits per heavy atom. The van der Waals surface area contributed by atoms with Crippen LogP contribution in [0.4, 0.5) is 32.0 Å². The Morgan fingerprint density at radius 1 is 1.30 bits per heavy atom. The minimum Gasteiger partial charge on any atom is -0.342 e. The summed E-state index contributed by atoms with van der Waals surface area (Å²) in [6, 6.07) is 3.43. The molecule has 150 valence electrons. The van der Waals surface area contributed by atoms with Crippen LogP contribution in [0.25, 0.3) is 0 Å². The summed E-state index contributed by atoms with van der Waals surface area (Å²) in [6.45, 7) is -1.30. The van der Waals surface area contributed by atoms with E-state index in [4.69, 9.17) is 10.00 Å². The van der Waals surface area contributed by atoms with E-state index in [0.29, 0.717) is 17.2 Å². The lowest BCUT2D eigenvalue weighted by Crippen LogP contribution is -2.42. The lowest BCUT2D eigenvalue weighted by molar-refractivity contribution is -0.215. The van der Waals surface area contributed by atoms with Crippen LogP contribution < -0.4 is 4.90 Å². The average Bonchev–Trinajstić information content (AvgIpc) is 2.95. The summed E-state index contributed by atoms with van der Waals surface area (Å²) >= 11 is 0. The third-order valence-electron chi connectivity index (χ3n) is 3.51. The minimum atomic E-state index is -4.97. The van der Waals surface area contributed by atoms with Crippen molar-refractivity contribution in [3.8, 4) is 6.07 Å². The van der Waals surface area contributed by atoms with Crippen molar-refractivity contribution in [2.75, 3.05) is 24.3 Å². The maximum Gasteiger partial charge on any atom is 0.433 e. The molecule has 0 bridgehead atoms. The Bertz CT molecular complexity index is 847. The molecule has 0 aliphatic carbocycles. The second-order valence-electron chi connectivity index (χ2n) is 5.63. The van der Waals surface area contributed by atoms with Gasteiger partial charge in [0.1, 0.15) is 6.10 Å². The van der Waals surface area contributed by atoms with Gasteiger partial charge in [0, 0.05) is 12.2 Å². The lowest BCUT2D eigenvalue weighted by atomic mass is 10.1. The highest BCUT2D eigenvalue weighted by Crippen LogP contribution is 2.39. The van der Waals surface area contributed by atoms with E-state index < -0.39 is 64.8 Å². The maximum absolute atomic E-state index is 13.2. The zero-order valence-corrected chi connectivity index (χ0v) is 14.3. The smallest absolute Gasteiger partial charge is 0.342 e. The van der Waals surface area contributed by atoms with Crippen molar-refractivity contribution < 1.29 is 43.7 Å². The molecule has 0 aromatic heterocycles. The highest BCUT2D eigenvalue weighted by molar-refractivity contribution is 7.85. The van der Waals surface area contributed by atoms with Gasteiger partial charge in [0.2, 0.25) is 6.23 Å².